The molecule has 0 bridgehead atoms. The van der Waals surface area contributed by atoms with Crippen LogP contribution >= 0.6 is 0 Å². The van der Waals surface area contributed by atoms with Gasteiger partial charge in [0.25, 0.3) is 0 Å². The first-order valence-corrected chi connectivity index (χ1v) is 14.4. The van der Waals surface area contributed by atoms with Crippen LogP contribution < -0.4 is 0 Å². The summed E-state index contributed by atoms with van der Waals surface area (Å²) in [4.78, 5) is 0. The molecule has 0 atom stereocenters. The van der Waals surface area contributed by atoms with Gasteiger partial charge in [-0.15, -0.1) is 0 Å². The fourth-order valence-electron chi connectivity index (χ4n) is 7.18. The minimum atomic E-state index is 0.946. The van der Waals surface area contributed by atoms with Gasteiger partial charge in [-0.2, -0.15) is 0 Å². The molecule has 0 N–H and O–H groups in total. The number of rotatable bonds is 2. The molecule has 41 heavy (non-hydrogen) atoms. The number of aryl methyl sites for hydroxylation is 2. The minimum absolute atomic E-state index is 0.946. The maximum atomic E-state index is 6.57. The SMILES string of the molecule is c1ccc2c(c1)CCc1oc3cc(-c4c5ccccc5c(-c5cccc6ccccc56)c5ccccc45)ccc3c1-2. The van der Waals surface area contributed by atoms with Crippen molar-refractivity contribution in [3.05, 3.63) is 145 Å². The molecule has 1 aliphatic rings. The van der Waals surface area contributed by atoms with Crippen molar-refractivity contribution in [2.75, 3.05) is 0 Å². The summed E-state index contributed by atoms with van der Waals surface area (Å²) in [5.41, 5.74) is 9.98. The average Bonchev–Trinajstić information content (AvgIpc) is 3.42. The molecule has 1 heteroatoms. The topological polar surface area (TPSA) is 13.1 Å². The van der Waals surface area contributed by atoms with Gasteiger partial charge in [0.15, 0.2) is 0 Å². The lowest BCUT2D eigenvalue weighted by atomic mass is 9.84. The third kappa shape index (κ3) is 3.30. The van der Waals surface area contributed by atoms with Crippen LogP contribution in [0.1, 0.15) is 11.3 Å². The van der Waals surface area contributed by atoms with Gasteiger partial charge < -0.3 is 4.42 Å². The van der Waals surface area contributed by atoms with Gasteiger partial charge >= 0.3 is 0 Å². The zero-order valence-electron chi connectivity index (χ0n) is 22.5. The summed E-state index contributed by atoms with van der Waals surface area (Å²) in [7, 11) is 0. The standard InChI is InChI=1S/C40H26O/c1-3-13-28-25(10-1)12-9-19-30(28)39-33-17-7-5-15-31(33)38(32-16-6-8-18-34(32)39)27-20-22-35-37(24-27)41-36-23-21-26-11-2-4-14-29(26)40(35)36/h1-20,22,24H,21,23H2. The molecule has 9 rings (SSSR count). The van der Waals surface area contributed by atoms with E-state index in [1.807, 2.05) is 0 Å². The molecule has 0 fully saturated rings. The molecule has 1 aliphatic carbocycles. The van der Waals surface area contributed by atoms with Crippen molar-refractivity contribution in [1.29, 1.82) is 0 Å². The second-order valence-electron chi connectivity index (χ2n) is 11.1. The average molecular weight is 523 g/mol. The van der Waals surface area contributed by atoms with Gasteiger partial charge in [-0.05, 0) is 84.3 Å². The smallest absolute Gasteiger partial charge is 0.135 e. The van der Waals surface area contributed by atoms with Gasteiger partial charge in [-0.3, -0.25) is 0 Å². The van der Waals surface area contributed by atoms with Gasteiger partial charge in [-0.25, -0.2) is 0 Å². The lowest BCUT2D eigenvalue weighted by Gasteiger charge is -2.18. The normalized spacial score (nSPS) is 12.7. The van der Waals surface area contributed by atoms with E-state index >= 15 is 0 Å². The molecule has 0 saturated heterocycles. The highest BCUT2D eigenvalue weighted by Gasteiger charge is 2.24. The van der Waals surface area contributed by atoms with E-state index < -0.39 is 0 Å². The Morgan fingerprint density at radius 2 is 1.02 bits per heavy atom. The van der Waals surface area contributed by atoms with Crippen LogP contribution in [0.2, 0.25) is 0 Å². The molecule has 0 aliphatic heterocycles. The molecular weight excluding hydrogens is 496 g/mol. The predicted molar refractivity (Wildman–Crippen MR) is 172 cm³/mol. The monoisotopic (exact) mass is 522 g/mol. The van der Waals surface area contributed by atoms with E-state index in [0.29, 0.717) is 0 Å². The Kier molecular flexibility index (Phi) is 4.80. The minimum Gasteiger partial charge on any atom is -0.460 e. The molecular formula is C40H26O. The number of benzene rings is 7. The Labute approximate surface area is 238 Å². The van der Waals surface area contributed by atoms with Crippen molar-refractivity contribution in [1.82, 2.24) is 0 Å². The lowest BCUT2D eigenvalue weighted by molar-refractivity contribution is 0.546. The summed E-state index contributed by atoms with van der Waals surface area (Å²) in [6.07, 6.45) is 1.97. The lowest BCUT2D eigenvalue weighted by Crippen LogP contribution is -2.00. The first-order valence-electron chi connectivity index (χ1n) is 14.4. The van der Waals surface area contributed by atoms with Gasteiger partial charge in [0, 0.05) is 17.4 Å². The molecule has 0 saturated carbocycles. The number of furan rings is 1. The Hall–Kier alpha value is -5.14. The highest BCUT2D eigenvalue weighted by atomic mass is 16.3. The highest BCUT2D eigenvalue weighted by molar-refractivity contribution is 6.23. The summed E-state index contributed by atoms with van der Waals surface area (Å²) in [6, 6.07) is 48.7. The molecule has 1 heterocycles. The third-order valence-electron chi connectivity index (χ3n) is 8.95. The van der Waals surface area contributed by atoms with E-state index in [0.717, 1.165) is 24.2 Å². The first-order chi connectivity index (χ1) is 20.3. The number of hydrogen-bond acceptors (Lipinski definition) is 1. The van der Waals surface area contributed by atoms with E-state index in [1.54, 1.807) is 0 Å². The van der Waals surface area contributed by atoms with Gasteiger partial charge in [0.2, 0.25) is 0 Å². The summed E-state index contributed by atoms with van der Waals surface area (Å²) >= 11 is 0. The van der Waals surface area contributed by atoms with Crippen LogP contribution in [0.25, 0.3) is 76.7 Å². The second kappa shape index (κ2) is 8.68. The van der Waals surface area contributed by atoms with E-state index in [2.05, 4.69) is 133 Å². The molecule has 0 radical (unpaired) electrons. The Balaban J connectivity index is 1.35. The van der Waals surface area contributed by atoms with E-state index in [4.69, 9.17) is 4.42 Å². The summed E-state index contributed by atoms with van der Waals surface area (Å²) < 4.78 is 6.57. The van der Waals surface area contributed by atoms with Crippen LogP contribution in [0, 0.1) is 0 Å². The maximum absolute atomic E-state index is 6.57. The van der Waals surface area contributed by atoms with Crippen LogP contribution in [-0.2, 0) is 12.8 Å². The van der Waals surface area contributed by atoms with Crippen molar-refractivity contribution in [2.24, 2.45) is 0 Å². The van der Waals surface area contributed by atoms with Crippen molar-refractivity contribution in [3.63, 3.8) is 0 Å². The summed E-state index contributed by atoms with van der Waals surface area (Å²) in [5.74, 6) is 1.11. The van der Waals surface area contributed by atoms with Gasteiger partial charge in [0.05, 0.1) is 0 Å². The third-order valence-corrected chi connectivity index (χ3v) is 8.95. The summed E-state index contributed by atoms with van der Waals surface area (Å²) in [5, 5.41) is 8.80. The molecule has 8 aromatic rings. The number of hydrogen-bond donors (Lipinski definition) is 0. The largest absolute Gasteiger partial charge is 0.460 e. The summed E-state index contributed by atoms with van der Waals surface area (Å²) in [6.45, 7) is 0. The van der Waals surface area contributed by atoms with E-state index in [-0.39, 0.29) is 0 Å². The first kappa shape index (κ1) is 22.7. The van der Waals surface area contributed by atoms with Crippen LogP contribution in [0.3, 0.4) is 0 Å². The highest BCUT2D eigenvalue weighted by Crippen LogP contribution is 2.47. The Morgan fingerprint density at radius 3 is 1.80 bits per heavy atom. The van der Waals surface area contributed by atoms with E-state index in [9.17, 15) is 0 Å². The maximum Gasteiger partial charge on any atom is 0.135 e. The molecule has 0 amide bonds. The van der Waals surface area contributed by atoms with Crippen molar-refractivity contribution in [3.8, 4) is 33.4 Å². The molecule has 192 valence electrons. The molecule has 1 aromatic heterocycles. The van der Waals surface area contributed by atoms with Crippen LogP contribution in [0.15, 0.2) is 138 Å². The van der Waals surface area contributed by atoms with Crippen LogP contribution in [0.4, 0.5) is 0 Å². The fraction of sp³-hybridized carbons (Fsp3) is 0.0500. The molecule has 1 nitrogen and oxygen atoms in total. The van der Waals surface area contributed by atoms with Gasteiger partial charge in [0.1, 0.15) is 11.3 Å². The van der Waals surface area contributed by atoms with E-state index in [1.165, 1.54) is 76.6 Å². The Morgan fingerprint density at radius 1 is 0.415 bits per heavy atom. The zero-order chi connectivity index (χ0) is 26.9. The second-order valence-corrected chi connectivity index (χ2v) is 11.1. The van der Waals surface area contributed by atoms with Crippen LogP contribution in [-0.4, -0.2) is 0 Å². The van der Waals surface area contributed by atoms with Crippen molar-refractivity contribution < 1.29 is 4.42 Å². The molecule has 0 unspecified atom stereocenters. The van der Waals surface area contributed by atoms with Gasteiger partial charge in [-0.1, -0.05) is 121 Å². The fourth-order valence-corrected chi connectivity index (χ4v) is 7.18. The molecule has 0 spiro atoms. The Bertz CT molecular complexity index is 2250. The van der Waals surface area contributed by atoms with Crippen LogP contribution in [0.5, 0.6) is 0 Å². The quantitative estimate of drug-likeness (QED) is 0.206. The predicted octanol–water partition coefficient (Wildman–Crippen LogP) is 11.0. The molecule has 7 aromatic carbocycles. The number of fused-ring (bicyclic) bond motifs is 8. The van der Waals surface area contributed by atoms with Crippen molar-refractivity contribution in [2.45, 2.75) is 12.8 Å². The zero-order valence-corrected chi connectivity index (χ0v) is 22.5. The van der Waals surface area contributed by atoms with Crippen molar-refractivity contribution >= 4 is 43.3 Å².